The molecule has 0 saturated carbocycles. The molecule has 0 fully saturated rings. The molecule has 0 unspecified atom stereocenters. The van der Waals surface area contributed by atoms with Gasteiger partial charge in [0.2, 0.25) is 0 Å². The summed E-state index contributed by atoms with van der Waals surface area (Å²) in [6.07, 6.45) is 10.5. The van der Waals surface area contributed by atoms with Crippen LogP contribution in [-0.2, 0) is 44.3 Å². The van der Waals surface area contributed by atoms with E-state index in [1.165, 1.54) is 134 Å². The summed E-state index contributed by atoms with van der Waals surface area (Å²) in [4.78, 5) is 5.43. The Morgan fingerprint density at radius 1 is 0.469 bits per heavy atom. The lowest BCUT2D eigenvalue weighted by Crippen LogP contribution is -2.61. The Kier molecular flexibility index (Phi) is 8.65. The summed E-state index contributed by atoms with van der Waals surface area (Å²) in [5, 5.41) is 0. The predicted molar refractivity (Wildman–Crippen MR) is 274 cm³/mol. The lowest BCUT2D eigenvalue weighted by molar-refractivity contribution is 0.330. The van der Waals surface area contributed by atoms with Gasteiger partial charge in [0, 0.05) is 40.4 Å². The van der Waals surface area contributed by atoms with Crippen molar-refractivity contribution in [2.75, 3.05) is 9.80 Å². The van der Waals surface area contributed by atoms with Crippen molar-refractivity contribution in [3.63, 3.8) is 0 Å². The maximum absolute atomic E-state index is 7.62. The second kappa shape index (κ2) is 13.0. The zero-order chi connectivity index (χ0) is 45.6. The van der Waals surface area contributed by atoms with Crippen LogP contribution in [0.1, 0.15) is 204 Å². The third-order valence-corrected chi connectivity index (χ3v) is 18.5. The van der Waals surface area contributed by atoms with Crippen LogP contribution < -0.4 is 26.4 Å². The van der Waals surface area contributed by atoms with Crippen molar-refractivity contribution in [1.82, 2.24) is 0 Å². The van der Waals surface area contributed by atoms with Crippen LogP contribution >= 0.6 is 0 Å². The highest BCUT2D eigenvalue weighted by atomic mass is 16.3. The summed E-state index contributed by atoms with van der Waals surface area (Å²) in [7, 11) is 0. The van der Waals surface area contributed by atoms with Gasteiger partial charge in [-0.1, -0.05) is 115 Å². The number of anilines is 6. The van der Waals surface area contributed by atoms with Crippen molar-refractivity contribution >= 4 is 57.4 Å². The van der Waals surface area contributed by atoms with E-state index < -0.39 is 0 Å². The van der Waals surface area contributed by atoms with E-state index >= 15 is 0 Å². The number of aryl methyl sites for hydroxylation is 2. The lowest BCUT2D eigenvalue weighted by atomic mass is 9.35. The van der Waals surface area contributed by atoms with Gasteiger partial charge in [-0.2, -0.15) is 0 Å². The number of nitrogens with zero attached hydrogens (tertiary/aromatic N) is 2. The molecule has 0 saturated heterocycles. The summed E-state index contributed by atoms with van der Waals surface area (Å²) >= 11 is 0. The van der Waals surface area contributed by atoms with Gasteiger partial charge in [-0.3, -0.25) is 0 Å². The molecule has 2 aliphatic heterocycles. The Bertz CT molecular complexity index is 2840. The van der Waals surface area contributed by atoms with Crippen molar-refractivity contribution in [2.24, 2.45) is 0 Å². The summed E-state index contributed by atoms with van der Waals surface area (Å²) in [5.41, 5.74) is 25.6. The first-order valence-electron chi connectivity index (χ1n) is 25.2. The molecule has 4 aliphatic carbocycles. The molecule has 5 aromatic rings. The van der Waals surface area contributed by atoms with E-state index in [-0.39, 0.29) is 44.6 Å². The zero-order valence-electron chi connectivity index (χ0n) is 42.4. The first kappa shape index (κ1) is 42.5. The molecule has 0 spiro atoms. The molecule has 64 heavy (non-hydrogen) atoms. The molecule has 0 atom stereocenters. The van der Waals surface area contributed by atoms with Crippen LogP contribution in [0.4, 0.5) is 34.1 Å². The van der Waals surface area contributed by atoms with Crippen LogP contribution in [0.25, 0.3) is 0 Å². The monoisotopic (exact) mass is 851 g/mol. The standard InChI is InChI=1S/C60H75BN2O/c1-35-30-46-51-47(31-35)63(44-22-21-39-49(36(44)2)60(15,16)29-28-55(39,5)6)52-50-48(18-17-23-59(50,13)14)64-53(52)61(51)43-33-41-42(58(11,12)27-26-57(41,9)10)34-45(43)62(46)37-19-20-38-40(32-37)56(7,8)25-24-54(38,3)4/h19-22,30-34H,17-18,23-29H2,1-16H3. The molecule has 3 nitrogen and oxygen atoms in total. The Morgan fingerprint density at radius 2 is 0.984 bits per heavy atom. The predicted octanol–water partition coefficient (Wildman–Crippen LogP) is 14.6. The highest BCUT2D eigenvalue weighted by Crippen LogP contribution is 2.57. The van der Waals surface area contributed by atoms with Gasteiger partial charge in [0.15, 0.2) is 0 Å². The number of rotatable bonds is 2. The molecular weight excluding hydrogens is 775 g/mol. The van der Waals surface area contributed by atoms with Crippen LogP contribution in [0.15, 0.2) is 59.0 Å². The van der Waals surface area contributed by atoms with Gasteiger partial charge >= 0.3 is 0 Å². The Morgan fingerprint density at radius 3 is 1.62 bits per heavy atom. The number of fused-ring (bicyclic) bond motifs is 9. The minimum Gasteiger partial charge on any atom is -0.473 e. The first-order chi connectivity index (χ1) is 29.8. The van der Waals surface area contributed by atoms with Crippen molar-refractivity contribution in [2.45, 2.75) is 206 Å². The van der Waals surface area contributed by atoms with Gasteiger partial charge in [0.05, 0.1) is 11.3 Å². The van der Waals surface area contributed by atoms with Crippen LogP contribution in [0.5, 0.6) is 0 Å². The van der Waals surface area contributed by atoms with Gasteiger partial charge in [-0.25, -0.2) is 0 Å². The van der Waals surface area contributed by atoms with Crippen LogP contribution in [0, 0.1) is 13.8 Å². The van der Waals surface area contributed by atoms with Gasteiger partial charge in [0.1, 0.15) is 5.76 Å². The van der Waals surface area contributed by atoms with E-state index in [4.69, 9.17) is 4.42 Å². The van der Waals surface area contributed by atoms with Crippen molar-refractivity contribution < 1.29 is 4.42 Å². The highest BCUT2D eigenvalue weighted by Gasteiger charge is 2.52. The fraction of sp³-hybridized carbons (Fsp3) is 0.533. The molecule has 0 bridgehead atoms. The highest BCUT2D eigenvalue weighted by molar-refractivity contribution is 6.99. The third kappa shape index (κ3) is 5.77. The smallest absolute Gasteiger partial charge is 0.297 e. The van der Waals surface area contributed by atoms with Gasteiger partial charge in [0.25, 0.3) is 6.71 Å². The molecular formula is C60H75BN2O. The molecule has 0 amide bonds. The fourth-order valence-corrected chi connectivity index (χ4v) is 14.3. The van der Waals surface area contributed by atoms with E-state index in [0.29, 0.717) is 0 Å². The summed E-state index contributed by atoms with van der Waals surface area (Å²) in [6, 6.07) is 23.0. The second-order valence-electron chi connectivity index (χ2n) is 26.3. The summed E-state index contributed by atoms with van der Waals surface area (Å²) in [6.45, 7) is 39.5. The Hall–Kier alpha value is -4.18. The molecule has 3 heterocycles. The average molecular weight is 851 g/mol. The molecule has 1 aromatic heterocycles. The number of hydrogen-bond acceptors (Lipinski definition) is 3. The van der Waals surface area contributed by atoms with E-state index in [2.05, 4.69) is 175 Å². The summed E-state index contributed by atoms with van der Waals surface area (Å²) < 4.78 is 7.62. The first-order valence-corrected chi connectivity index (χ1v) is 25.2. The van der Waals surface area contributed by atoms with Crippen LogP contribution in [0.2, 0.25) is 0 Å². The van der Waals surface area contributed by atoms with E-state index in [1.54, 1.807) is 5.56 Å². The molecule has 334 valence electrons. The van der Waals surface area contributed by atoms with Gasteiger partial charge in [-0.15, -0.1) is 0 Å². The van der Waals surface area contributed by atoms with Gasteiger partial charge < -0.3 is 14.2 Å². The molecule has 4 heteroatoms. The number of benzene rings is 4. The fourth-order valence-electron chi connectivity index (χ4n) is 14.3. The third-order valence-electron chi connectivity index (χ3n) is 18.5. The molecule has 0 N–H and O–H groups in total. The number of furan rings is 1. The van der Waals surface area contributed by atoms with E-state index in [9.17, 15) is 0 Å². The van der Waals surface area contributed by atoms with E-state index in [0.717, 1.165) is 24.9 Å². The lowest BCUT2D eigenvalue weighted by Gasteiger charge is -2.48. The Labute approximate surface area is 386 Å². The Balaban J connectivity index is 1.27. The topological polar surface area (TPSA) is 19.6 Å². The largest absolute Gasteiger partial charge is 0.473 e. The SMILES string of the molecule is Cc1cc2c3c(c1)N(c1ccc4c(c1C)C(C)(C)CCC4(C)C)c1c(oc4c1C(C)(C)CCC4)B3c1cc3c(cc1N2c1ccc2c(c1)C(C)(C)CCC2(C)C)C(C)(C)CCC3(C)C. The van der Waals surface area contributed by atoms with Crippen molar-refractivity contribution in [3.05, 3.63) is 110 Å². The van der Waals surface area contributed by atoms with E-state index in [1.807, 2.05) is 0 Å². The molecule has 6 aliphatic rings. The maximum Gasteiger partial charge on any atom is 0.297 e. The quantitative estimate of drug-likeness (QED) is 0.162. The minimum atomic E-state index is -0.0306. The normalized spacial score (nSPS) is 22.9. The molecule has 11 rings (SSSR count). The van der Waals surface area contributed by atoms with Crippen molar-refractivity contribution in [1.29, 1.82) is 0 Å². The van der Waals surface area contributed by atoms with Gasteiger partial charge in [-0.05, 0) is 195 Å². The molecule has 4 aromatic carbocycles. The average Bonchev–Trinajstić information content (AvgIpc) is 3.60. The van der Waals surface area contributed by atoms with Crippen LogP contribution in [0.3, 0.4) is 0 Å². The zero-order valence-corrected chi connectivity index (χ0v) is 42.4. The molecule has 0 radical (unpaired) electrons. The second-order valence-corrected chi connectivity index (χ2v) is 26.3. The van der Waals surface area contributed by atoms with Crippen molar-refractivity contribution in [3.8, 4) is 0 Å². The van der Waals surface area contributed by atoms with Crippen LogP contribution in [-0.4, -0.2) is 6.71 Å². The maximum atomic E-state index is 7.62. The summed E-state index contributed by atoms with van der Waals surface area (Å²) in [5.74, 6) is 1.21. The minimum absolute atomic E-state index is 0.0223. The number of hydrogen-bond donors (Lipinski definition) is 0.